The van der Waals surface area contributed by atoms with E-state index in [9.17, 15) is 9.90 Å². The standard InChI is InChI=1S/C13H18N2O3/c14-12-7-9(4-5-11(12)13(17)18)15-6-2-1-3-10(15)8-16/h4-5,7,10,16H,1-3,6,8,14H2,(H,17,18). The summed E-state index contributed by atoms with van der Waals surface area (Å²) >= 11 is 0. The molecule has 5 nitrogen and oxygen atoms in total. The molecule has 0 spiro atoms. The number of carboxylic acid groups (broad SMARTS) is 1. The largest absolute Gasteiger partial charge is 0.478 e. The lowest BCUT2D eigenvalue weighted by Crippen LogP contribution is -2.41. The molecule has 1 fully saturated rings. The average molecular weight is 250 g/mol. The van der Waals surface area contributed by atoms with Crippen molar-refractivity contribution < 1.29 is 15.0 Å². The topological polar surface area (TPSA) is 86.8 Å². The van der Waals surface area contributed by atoms with Gasteiger partial charge in [0.25, 0.3) is 0 Å². The van der Waals surface area contributed by atoms with Crippen LogP contribution < -0.4 is 10.6 Å². The van der Waals surface area contributed by atoms with E-state index in [1.165, 1.54) is 6.07 Å². The fourth-order valence-corrected chi connectivity index (χ4v) is 2.45. The van der Waals surface area contributed by atoms with Gasteiger partial charge in [-0.2, -0.15) is 0 Å². The smallest absolute Gasteiger partial charge is 0.337 e. The molecular weight excluding hydrogens is 232 g/mol. The number of aliphatic hydroxyl groups excluding tert-OH is 1. The highest BCUT2D eigenvalue weighted by molar-refractivity contribution is 5.94. The number of aliphatic hydroxyl groups is 1. The van der Waals surface area contributed by atoms with Crippen LogP contribution in [0.1, 0.15) is 29.6 Å². The number of carboxylic acids is 1. The molecule has 18 heavy (non-hydrogen) atoms. The number of anilines is 2. The van der Waals surface area contributed by atoms with Crippen molar-refractivity contribution in [2.45, 2.75) is 25.3 Å². The van der Waals surface area contributed by atoms with Gasteiger partial charge in [0.1, 0.15) is 0 Å². The van der Waals surface area contributed by atoms with Gasteiger partial charge in [0.15, 0.2) is 0 Å². The lowest BCUT2D eigenvalue weighted by molar-refractivity contribution is 0.0698. The van der Waals surface area contributed by atoms with Crippen molar-refractivity contribution in [3.8, 4) is 0 Å². The minimum absolute atomic E-state index is 0.105. The van der Waals surface area contributed by atoms with E-state index in [1.54, 1.807) is 12.1 Å². The third kappa shape index (κ3) is 2.41. The maximum absolute atomic E-state index is 10.9. The Bertz CT molecular complexity index is 448. The molecule has 0 radical (unpaired) electrons. The van der Waals surface area contributed by atoms with Gasteiger partial charge in [-0.1, -0.05) is 0 Å². The Morgan fingerprint density at radius 3 is 2.83 bits per heavy atom. The highest BCUT2D eigenvalue weighted by Crippen LogP contribution is 2.27. The Morgan fingerprint density at radius 1 is 1.44 bits per heavy atom. The third-order valence-corrected chi connectivity index (χ3v) is 3.44. The van der Waals surface area contributed by atoms with Crippen LogP contribution in [0.2, 0.25) is 0 Å². The normalized spacial score (nSPS) is 19.8. The second-order valence-electron chi connectivity index (χ2n) is 4.60. The SMILES string of the molecule is Nc1cc(N2CCCCC2CO)ccc1C(=O)O. The quantitative estimate of drug-likeness (QED) is 0.704. The van der Waals surface area contributed by atoms with E-state index in [-0.39, 0.29) is 23.9 Å². The van der Waals surface area contributed by atoms with Crippen LogP contribution in [-0.2, 0) is 0 Å². The number of hydrogen-bond acceptors (Lipinski definition) is 4. The van der Waals surface area contributed by atoms with Gasteiger partial charge < -0.3 is 20.8 Å². The first-order valence-corrected chi connectivity index (χ1v) is 6.14. The molecule has 1 aromatic carbocycles. The second-order valence-corrected chi connectivity index (χ2v) is 4.60. The summed E-state index contributed by atoms with van der Waals surface area (Å²) in [7, 11) is 0. The van der Waals surface area contributed by atoms with E-state index >= 15 is 0 Å². The molecule has 1 saturated heterocycles. The van der Waals surface area contributed by atoms with Crippen LogP contribution in [-0.4, -0.2) is 35.4 Å². The van der Waals surface area contributed by atoms with Gasteiger partial charge in [-0.15, -0.1) is 0 Å². The van der Waals surface area contributed by atoms with E-state index in [0.29, 0.717) is 0 Å². The van der Waals surface area contributed by atoms with Crippen LogP contribution in [0.25, 0.3) is 0 Å². The summed E-state index contributed by atoms with van der Waals surface area (Å²) in [6, 6.07) is 5.06. The van der Waals surface area contributed by atoms with Crippen molar-refractivity contribution in [1.82, 2.24) is 0 Å². The van der Waals surface area contributed by atoms with Gasteiger partial charge in [-0.3, -0.25) is 0 Å². The fraction of sp³-hybridized carbons (Fsp3) is 0.462. The molecule has 0 bridgehead atoms. The average Bonchev–Trinajstić information content (AvgIpc) is 2.38. The zero-order chi connectivity index (χ0) is 13.1. The molecule has 5 heteroatoms. The minimum atomic E-state index is -1.02. The predicted octanol–water partition coefficient (Wildman–Crippen LogP) is 1.32. The van der Waals surface area contributed by atoms with Crippen molar-refractivity contribution in [2.24, 2.45) is 0 Å². The van der Waals surface area contributed by atoms with Gasteiger partial charge in [-0.25, -0.2) is 4.79 Å². The molecule has 0 aromatic heterocycles. The second kappa shape index (κ2) is 5.27. The summed E-state index contributed by atoms with van der Waals surface area (Å²) in [5, 5.41) is 18.3. The molecule has 2 rings (SSSR count). The Balaban J connectivity index is 2.27. The number of piperidine rings is 1. The van der Waals surface area contributed by atoms with Crippen molar-refractivity contribution in [2.75, 3.05) is 23.8 Å². The molecular formula is C13H18N2O3. The number of nitrogens with zero attached hydrogens (tertiary/aromatic N) is 1. The van der Waals surface area contributed by atoms with Crippen LogP contribution in [0.4, 0.5) is 11.4 Å². The number of carbonyl (C=O) groups is 1. The molecule has 4 N–H and O–H groups in total. The fourth-order valence-electron chi connectivity index (χ4n) is 2.45. The van der Waals surface area contributed by atoms with Crippen LogP contribution in [0, 0.1) is 0 Å². The van der Waals surface area contributed by atoms with Crippen LogP contribution in [0.5, 0.6) is 0 Å². The first-order chi connectivity index (χ1) is 8.63. The van der Waals surface area contributed by atoms with E-state index in [0.717, 1.165) is 31.5 Å². The van der Waals surface area contributed by atoms with Crippen molar-refractivity contribution in [1.29, 1.82) is 0 Å². The molecule has 0 saturated carbocycles. The number of hydrogen-bond donors (Lipinski definition) is 3. The van der Waals surface area contributed by atoms with Gasteiger partial charge >= 0.3 is 5.97 Å². The first kappa shape index (κ1) is 12.7. The number of benzene rings is 1. The van der Waals surface area contributed by atoms with E-state index in [4.69, 9.17) is 10.8 Å². The van der Waals surface area contributed by atoms with E-state index in [1.807, 2.05) is 0 Å². The number of nitrogen functional groups attached to an aromatic ring is 1. The number of rotatable bonds is 3. The van der Waals surface area contributed by atoms with Gasteiger partial charge in [-0.05, 0) is 37.5 Å². The molecule has 98 valence electrons. The van der Waals surface area contributed by atoms with Gasteiger partial charge in [0.05, 0.1) is 18.2 Å². The van der Waals surface area contributed by atoms with Crippen molar-refractivity contribution in [3.63, 3.8) is 0 Å². The van der Waals surface area contributed by atoms with Gasteiger partial charge in [0, 0.05) is 17.9 Å². The van der Waals surface area contributed by atoms with Crippen molar-refractivity contribution in [3.05, 3.63) is 23.8 Å². The lowest BCUT2D eigenvalue weighted by atomic mass is 10.0. The predicted molar refractivity (Wildman–Crippen MR) is 69.9 cm³/mol. The Morgan fingerprint density at radius 2 is 2.22 bits per heavy atom. The summed E-state index contributed by atoms with van der Waals surface area (Å²) in [6.45, 7) is 0.984. The summed E-state index contributed by atoms with van der Waals surface area (Å²) < 4.78 is 0. The van der Waals surface area contributed by atoms with E-state index < -0.39 is 5.97 Å². The third-order valence-electron chi connectivity index (χ3n) is 3.44. The Kier molecular flexibility index (Phi) is 3.72. The molecule has 1 aliphatic rings. The van der Waals surface area contributed by atoms with Crippen molar-refractivity contribution >= 4 is 17.3 Å². The molecule has 1 heterocycles. The lowest BCUT2D eigenvalue weighted by Gasteiger charge is -2.36. The summed E-state index contributed by atoms with van der Waals surface area (Å²) in [4.78, 5) is 13.0. The summed E-state index contributed by atoms with van der Waals surface area (Å²) in [5.74, 6) is -1.02. The zero-order valence-corrected chi connectivity index (χ0v) is 10.2. The molecule has 1 aromatic rings. The Labute approximate surface area is 106 Å². The van der Waals surface area contributed by atoms with Crippen LogP contribution in [0.3, 0.4) is 0 Å². The maximum Gasteiger partial charge on any atom is 0.337 e. The molecule has 0 aliphatic carbocycles. The zero-order valence-electron chi connectivity index (χ0n) is 10.2. The van der Waals surface area contributed by atoms with Crippen LogP contribution in [0.15, 0.2) is 18.2 Å². The number of aromatic carboxylic acids is 1. The van der Waals surface area contributed by atoms with E-state index in [2.05, 4.69) is 4.90 Å². The first-order valence-electron chi connectivity index (χ1n) is 6.14. The Hall–Kier alpha value is -1.75. The van der Waals surface area contributed by atoms with Crippen LogP contribution >= 0.6 is 0 Å². The number of nitrogens with two attached hydrogens (primary N) is 1. The maximum atomic E-state index is 10.9. The highest BCUT2D eigenvalue weighted by Gasteiger charge is 2.22. The van der Waals surface area contributed by atoms with Gasteiger partial charge in [0.2, 0.25) is 0 Å². The minimum Gasteiger partial charge on any atom is -0.478 e. The molecule has 1 aliphatic heterocycles. The molecule has 1 unspecified atom stereocenters. The molecule has 1 atom stereocenters. The summed E-state index contributed by atoms with van der Waals surface area (Å²) in [6.07, 6.45) is 3.15. The monoisotopic (exact) mass is 250 g/mol. The summed E-state index contributed by atoms with van der Waals surface area (Å²) in [5.41, 5.74) is 7.02. The molecule has 0 amide bonds. The highest BCUT2D eigenvalue weighted by atomic mass is 16.4.